The average Bonchev–Trinajstić information content (AvgIpc) is 2.89. The van der Waals surface area contributed by atoms with Crippen molar-refractivity contribution in [3.05, 3.63) is 62.2 Å². The largest absolute Gasteiger partial charge is 0.465 e. The highest BCUT2D eigenvalue weighted by Crippen LogP contribution is 2.49. The molecule has 1 aromatic carbocycles. The van der Waals surface area contributed by atoms with E-state index in [-0.39, 0.29) is 11.8 Å². The van der Waals surface area contributed by atoms with Crippen molar-refractivity contribution in [1.82, 2.24) is 0 Å². The second kappa shape index (κ2) is 6.02. The number of ether oxygens (including phenoxy) is 2. The molecule has 0 saturated heterocycles. The number of fused-ring (bicyclic) bond motifs is 1. The fourth-order valence-corrected chi connectivity index (χ4v) is 4.15. The van der Waals surface area contributed by atoms with Crippen molar-refractivity contribution in [3.8, 4) is 11.8 Å². The number of nitrogens with two attached hydrogens (primary N) is 1. The van der Waals surface area contributed by atoms with Crippen LogP contribution in [0.2, 0.25) is 0 Å². The van der Waals surface area contributed by atoms with Crippen LogP contribution in [-0.4, -0.2) is 13.1 Å². The summed E-state index contributed by atoms with van der Waals surface area (Å²) in [6, 6.07) is 9.97. The van der Waals surface area contributed by atoms with Crippen molar-refractivity contribution in [3.63, 3.8) is 0 Å². The van der Waals surface area contributed by atoms with Crippen molar-refractivity contribution in [2.75, 3.05) is 7.11 Å². The van der Waals surface area contributed by atoms with Crippen molar-refractivity contribution in [1.29, 1.82) is 5.26 Å². The summed E-state index contributed by atoms with van der Waals surface area (Å²) in [5.41, 5.74) is 8.73. The fraction of sp³-hybridized carbons (Fsp3) is 0.222. The Morgan fingerprint density at radius 3 is 2.71 bits per heavy atom. The molecule has 2 aromatic rings. The number of benzene rings is 1. The number of methoxy groups -OCH3 is 1. The number of thiophene rings is 1. The maximum absolute atomic E-state index is 12.1. The van der Waals surface area contributed by atoms with E-state index in [2.05, 4.69) is 6.07 Å². The molecule has 0 fully saturated rings. The van der Waals surface area contributed by atoms with Crippen LogP contribution >= 0.6 is 11.3 Å². The molecule has 2 heterocycles. The first-order valence-electron chi connectivity index (χ1n) is 7.34. The van der Waals surface area contributed by atoms with Gasteiger partial charge in [0.2, 0.25) is 5.88 Å². The minimum absolute atomic E-state index is 0.0289. The van der Waals surface area contributed by atoms with E-state index in [1.807, 2.05) is 38.1 Å². The lowest BCUT2D eigenvalue weighted by atomic mass is 9.86. The van der Waals surface area contributed by atoms with Crippen LogP contribution < -0.4 is 10.5 Å². The molecule has 2 N–H and O–H groups in total. The summed E-state index contributed by atoms with van der Waals surface area (Å²) in [6.45, 7) is 3.81. The van der Waals surface area contributed by atoms with Crippen molar-refractivity contribution in [2.45, 2.75) is 19.8 Å². The summed E-state index contributed by atoms with van der Waals surface area (Å²) in [4.78, 5) is 13.7. The van der Waals surface area contributed by atoms with E-state index in [0.717, 1.165) is 20.9 Å². The van der Waals surface area contributed by atoms with Crippen LogP contribution in [-0.2, 0) is 4.74 Å². The van der Waals surface area contributed by atoms with Gasteiger partial charge in [-0.3, -0.25) is 0 Å². The van der Waals surface area contributed by atoms with E-state index in [4.69, 9.17) is 15.2 Å². The summed E-state index contributed by atoms with van der Waals surface area (Å²) in [7, 11) is 1.33. The molecule has 1 atom stereocenters. The molecule has 122 valence electrons. The standard InChI is InChI=1S/C18H16N2O3S/c1-9-6-4-5-7-11(9)14-12(8-19)17(20)23-15-13(18(21)22-3)10(2)24-16(14)15/h4-7,14H,20H2,1-3H3/t14-/m1/s1. The van der Waals surface area contributed by atoms with E-state index < -0.39 is 5.97 Å². The first kappa shape index (κ1) is 16.1. The van der Waals surface area contributed by atoms with Gasteiger partial charge in [-0.1, -0.05) is 24.3 Å². The van der Waals surface area contributed by atoms with Gasteiger partial charge in [-0.15, -0.1) is 11.3 Å². The van der Waals surface area contributed by atoms with Gasteiger partial charge in [-0.25, -0.2) is 4.79 Å². The van der Waals surface area contributed by atoms with Crippen LogP contribution in [0, 0.1) is 25.2 Å². The Morgan fingerprint density at radius 1 is 1.38 bits per heavy atom. The minimum atomic E-state index is -0.471. The van der Waals surface area contributed by atoms with Gasteiger partial charge in [0.25, 0.3) is 0 Å². The van der Waals surface area contributed by atoms with Crippen LogP contribution in [0.4, 0.5) is 0 Å². The third-order valence-electron chi connectivity index (χ3n) is 4.10. The number of hydrogen-bond donors (Lipinski definition) is 1. The quantitative estimate of drug-likeness (QED) is 0.847. The number of esters is 1. The third kappa shape index (κ3) is 2.34. The number of hydrogen-bond acceptors (Lipinski definition) is 6. The highest BCUT2D eigenvalue weighted by molar-refractivity contribution is 7.12. The Balaban J connectivity index is 2.29. The highest BCUT2D eigenvalue weighted by Gasteiger charge is 2.37. The molecule has 0 unspecified atom stereocenters. The Bertz CT molecular complexity index is 905. The fourth-order valence-electron chi connectivity index (χ4n) is 2.94. The monoisotopic (exact) mass is 340 g/mol. The lowest BCUT2D eigenvalue weighted by Gasteiger charge is -2.25. The van der Waals surface area contributed by atoms with Gasteiger partial charge in [-0.2, -0.15) is 5.26 Å². The SMILES string of the molecule is COC(=O)c1c(C)sc2c1OC(N)=C(C#N)[C@H]2c1ccccc1C. The first-order valence-corrected chi connectivity index (χ1v) is 8.16. The van der Waals surface area contributed by atoms with Gasteiger partial charge in [0.15, 0.2) is 5.75 Å². The molecule has 1 aliphatic heterocycles. The molecule has 6 heteroatoms. The second-order valence-corrected chi connectivity index (χ2v) is 6.76. The molecule has 1 aliphatic rings. The number of rotatable bonds is 2. The number of nitrogens with zero attached hydrogens (tertiary/aromatic N) is 1. The van der Waals surface area contributed by atoms with Gasteiger partial charge in [-0.05, 0) is 25.0 Å². The lowest BCUT2D eigenvalue weighted by Crippen LogP contribution is -2.21. The van der Waals surface area contributed by atoms with E-state index >= 15 is 0 Å². The maximum atomic E-state index is 12.1. The summed E-state index contributed by atoms with van der Waals surface area (Å²) in [6.07, 6.45) is 0. The molecule has 24 heavy (non-hydrogen) atoms. The highest BCUT2D eigenvalue weighted by atomic mass is 32.1. The predicted octanol–water partition coefficient (Wildman–Crippen LogP) is 3.37. The van der Waals surface area contributed by atoms with E-state index in [0.29, 0.717) is 16.9 Å². The Labute approximate surface area is 143 Å². The van der Waals surface area contributed by atoms with Crippen molar-refractivity contribution >= 4 is 17.3 Å². The topological polar surface area (TPSA) is 85.3 Å². The molecule has 0 aliphatic carbocycles. The van der Waals surface area contributed by atoms with Crippen molar-refractivity contribution in [2.24, 2.45) is 5.73 Å². The summed E-state index contributed by atoms with van der Waals surface area (Å²) in [5, 5.41) is 9.59. The predicted molar refractivity (Wildman–Crippen MR) is 90.9 cm³/mol. The number of carbonyl (C=O) groups excluding carboxylic acids is 1. The average molecular weight is 340 g/mol. The molecule has 3 rings (SSSR count). The summed E-state index contributed by atoms with van der Waals surface area (Å²) >= 11 is 1.43. The summed E-state index contributed by atoms with van der Waals surface area (Å²) < 4.78 is 10.5. The van der Waals surface area contributed by atoms with Gasteiger partial charge in [0, 0.05) is 4.88 Å². The van der Waals surface area contributed by atoms with E-state index in [1.54, 1.807) is 0 Å². The normalized spacial score (nSPS) is 16.2. The molecule has 5 nitrogen and oxygen atoms in total. The van der Waals surface area contributed by atoms with Crippen LogP contribution in [0.25, 0.3) is 0 Å². The van der Waals surface area contributed by atoms with Gasteiger partial charge in [0.1, 0.15) is 17.2 Å². The molecule has 1 aromatic heterocycles. The Hall–Kier alpha value is -2.78. The molecule has 0 bridgehead atoms. The Morgan fingerprint density at radius 2 is 2.08 bits per heavy atom. The van der Waals surface area contributed by atoms with Crippen LogP contribution in [0.5, 0.6) is 5.75 Å². The second-order valence-electron chi connectivity index (χ2n) is 5.50. The zero-order chi connectivity index (χ0) is 17.4. The molecular formula is C18H16N2O3S. The lowest BCUT2D eigenvalue weighted by molar-refractivity contribution is 0.0597. The zero-order valence-corrected chi connectivity index (χ0v) is 14.4. The maximum Gasteiger partial charge on any atom is 0.342 e. The van der Waals surface area contributed by atoms with Crippen LogP contribution in [0.1, 0.15) is 37.2 Å². The number of nitriles is 1. The van der Waals surface area contributed by atoms with E-state index in [1.165, 1.54) is 18.4 Å². The molecule has 0 radical (unpaired) electrons. The van der Waals surface area contributed by atoms with Gasteiger partial charge >= 0.3 is 5.97 Å². The first-order chi connectivity index (χ1) is 11.5. The van der Waals surface area contributed by atoms with Crippen LogP contribution in [0.15, 0.2) is 35.7 Å². The zero-order valence-electron chi connectivity index (χ0n) is 13.5. The van der Waals surface area contributed by atoms with Crippen LogP contribution in [0.3, 0.4) is 0 Å². The van der Waals surface area contributed by atoms with Gasteiger partial charge < -0.3 is 15.2 Å². The van der Waals surface area contributed by atoms with Gasteiger partial charge in [0.05, 0.1) is 17.9 Å². The van der Waals surface area contributed by atoms with E-state index in [9.17, 15) is 10.1 Å². The molecule has 0 spiro atoms. The molecule has 0 amide bonds. The number of aryl methyl sites for hydroxylation is 2. The number of allylic oxidation sites excluding steroid dienone is 1. The molecule has 0 saturated carbocycles. The smallest absolute Gasteiger partial charge is 0.342 e. The minimum Gasteiger partial charge on any atom is -0.465 e. The number of carbonyl (C=O) groups is 1. The van der Waals surface area contributed by atoms with Crippen molar-refractivity contribution < 1.29 is 14.3 Å². The Kier molecular flexibility index (Phi) is 4.04. The molecular weight excluding hydrogens is 324 g/mol. The summed E-state index contributed by atoms with van der Waals surface area (Å²) in [5.74, 6) is -0.390. The third-order valence-corrected chi connectivity index (χ3v) is 5.26.